The van der Waals surface area contributed by atoms with Gasteiger partial charge >= 0.3 is 0 Å². The summed E-state index contributed by atoms with van der Waals surface area (Å²) in [7, 11) is -13.0. The van der Waals surface area contributed by atoms with Gasteiger partial charge in [0.05, 0.1) is 0 Å². The second-order valence-corrected chi connectivity index (χ2v) is 53.9. The topological polar surface area (TPSA) is 30.5 Å². The third-order valence-corrected chi connectivity index (χ3v) is 59.0. The Bertz CT molecular complexity index is 889. The van der Waals surface area contributed by atoms with Crippen LogP contribution in [0.15, 0.2) is 0 Å². The molecule has 0 unspecified atom stereocenters. The molecule has 10 heteroatoms. The fourth-order valence-corrected chi connectivity index (χ4v) is 61.6. The molecule has 0 spiro atoms. The molecular formula is C32H80N4Si6. The predicted octanol–water partition coefficient (Wildman–Crippen LogP) is 11.3. The highest BCUT2D eigenvalue weighted by Gasteiger charge is 2.85. The van der Waals surface area contributed by atoms with Crippen molar-refractivity contribution in [2.24, 2.45) is 0 Å². The first-order valence-corrected chi connectivity index (χ1v) is 32.5. The molecule has 1 aliphatic rings. The smallest absolute Gasteiger partial charge is 0.262 e. The van der Waals surface area contributed by atoms with E-state index in [1.54, 1.807) is 0 Å². The van der Waals surface area contributed by atoms with Gasteiger partial charge in [-0.25, -0.2) is 0 Å². The molecule has 4 nitrogen and oxygen atoms in total. The second kappa shape index (κ2) is 10.8. The summed E-state index contributed by atoms with van der Waals surface area (Å²) in [5.74, 6) is 0. The van der Waals surface area contributed by atoms with Crippen LogP contribution in [0.25, 0.3) is 0 Å². The molecule has 1 heterocycles. The van der Waals surface area contributed by atoms with Crippen LogP contribution in [0.1, 0.15) is 125 Å². The molecule has 2 N–H and O–H groups in total. The van der Waals surface area contributed by atoms with E-state index >= 15 is 0 Å². The fourth-order valence-electron chi connectivity index (χ4n) is 6.10. The van der Waals surface area contributed by atoms with Gasteiger partial charge in [0.1, 0.15) is 32.9 Å². The molecule has 0 radical (unpaired) electrons. The van der Waals surface area contributed by atoms with Crippen LogP contribution < -0.4 is 9.30 Å². The predicted molar refractivity (Wildman–Crippen MR) is 210 cm³/mol. The average molecular weight is 690 g/mol. The van der Waals surface area contributed by atoms with E-state index in [1.165, 1.54) is 0 Å². The summed E-state index contributed by atoms with van der Waals surface area (Å²) in [4.78, 5) is 0. The van der Waals surface area contributed by atoms with E-state index in [1.807, 2.05) is 0 Å². The van der Waals surface area contributed by atoms with Crippen LogP contribution >= 0.6 is 0 Å². The Morgan fingerprint density at radius 1 is 0.357 bits per heavy atom. The molecule has 0 bridgehead atoms. The summed E-state index contributed by atoms with van der Waals surface area (Å²) in [6, 6.07) is 0. The zero-order chi connectivity index (χ0) is 34.6. The number of hydrogen-bond donors (Lipinski definition) is 2. The summed E-state index contributed by atoms with van der Waals surface area (Å²) >= 11 is 0. The molecule has 42 heavy (non-hydrogen) atoms. The van der Waals surface area contributed by atoms with Gasteiger partial charge in [0, 0.05) is 0 Å². The Balaban J connectivity index is 4.76. The molecule has 0 amide bonds. The summed E-state index contributed by atoms with van der Waals surface area (Å²) in [5, 5.41) is 1.25. The fraction of sp³-hybridized carbons (Fsp3) is 1.00. The second-order valence-electron chi connectivity index (χ2n) is 22.1. The average Bonchev–Trinajstić information content (AvgIpc) is 2.59. The van der Waals surface area contributed by atoms with Gasteiger partial charge in [-0.1, -0.05) is 177 Å². The molecular weight excluding hydrogens is 609 g/mol. The first-order valence-electron chi connectivity index (χ1n) is 16.8. The van der Waals surface area contributed by atoms with Crippen LogP contribution in [0.3, 0.4) is 0 Å². The number of hydrogen-bond acceptors (Lipinski definition) is 4. The third kappa shape index (κ3) is 6.23. The van der Waals surface area contributed by atoms with Gasteiger partial charge in [-0.15, -0.1) is 0 Å². The molecule has 1 fully saturated rings. The van der Waals surface area contributed by atoms with Crippen LogP contribution in [0.5, 0.6) is 0 Å². The lowest BCUT2D eigenvalue weighted by Crippen LogP contribution is -3.13. The minimum absolute atomic E-state index is 0.129. The highest BCUT2D eigenvalue weighted by Crippen LogP contribution is 2.66. The van der Waals surface area contributed by atoms with E-state index in [-0.39, 0.29) is 30.2 Å². The van der Waals surface area contributed by atoms with Crippen LogP contribution in [0, 0.1) is 0 Å². The Kier molecular flexibility index (Phi) is 10.6. The molecule has 0 aromatic rings. The van der Waals surface area contributed by atoms with Crippen LogP contribution in [0.4, 0.5) is 0 Å². The highest BCUT2D eigenvalue weighted by molar-refractivity contribution is 7.25. The lowest BCUT2D eigenvalue weighted by Gasteiger charge is -2.86. The minimum atomic E-state index is -2.52. The van der Waals surface area contributed by atoms with E-state index < -0.39 is 50.1 Å². The Labute approximate surface area is 273 Å². The maximum atomic E-state index is 4.90. The normalized spacial score (nSPS) is 25.6. The minimum Gasteiger partial charge on any atom is -0.335 e. The van der Waals surface area contributed by atoms with Crippen molar-refractivity contribution in [2.45, 2.75) is 207 Å². The third-order valence-electron chi connectivity index (χ3n) is 12.9. The zero-order valence-corrected chi connectivity index (χ0v) is 39.9. The van der Waals surface area contributed by atoms with Crippen LogP contribution in [-0.2, 0) is 0 Å². The maximum Gasteiger partial charge on any atom is 0.262 e. The quantitative estimate of drug-likeness (QED) is 0.272. The van der Waals surface area contributed by atoms with E-state index in [2.05, 4.69) is 185 Å². The Morgan fingerprint density at radius 2 is 0.548 bits per heavy atom. The molecule has 0 aromatic heterocycles. The van der Waals surface area contributed by atoms with Crippen molar-refractivity contribution in [3.05, 3.63) is 0 Å². The van der Waals surface area contributed by atoms with Gasteiger partial charge in [-0.2, -0.15) is 0 Å². The molecule has 1 rings (SSSR count). The molecule has 252 valence electrons. The lowest BCUT2D eigenvalue weighted by atomic mass is 10.2. The molecule has 1 saturated heterocycles. The molecule has 1 aliphatic heterocycles. The van der Waals surface area contributed by atoms with Crippen molar-refractivity contribution in [2.75, 3.05) is 0 Å². The van der Waals surface area contributed by atoms with E-state index in [9.17, 15) is 0 Å². The van der Waals surface area contributed by atoms with Crippen molar-refractivity contribution < 1.29 is 0 Å². The summed E-state index contributed by atoms with van der Waals surface area (Å²) < 4.78 is 16.7. The summed E-state index contributed by atoms with van der Waals surface area (Å²) in [6.45, 7) is 67.7. The van der Waals surface area contributed by atoms with E-state index in [0.717, 1.165) is 0 Å². The van der Waals surface area contributed by atoms with Crippen molar-refractivity contribution >= 4 is 50.1 Å². The van der Waals surface area contributed by atoms with Crippen molar-refractivity contribution in [3.63, 3.8) is 0 Å². The SMILES string of the molecule is CC(C)(C)[Si](C)(C)N[Si]1(C(C)(C)C)N([Si](C)(C)C(C)(C)C)[Si](N[Si](C)(C)C(C)(C)C)(C(C)(C)C)N1[Si](C)(C)C(C)(C)C. The van der Waals surface area contributed by atoms with Gasteiger partial charge in [0.2, 0.25) is 0 Å². The van der Waals surface area contributed by atoms with Gasteiger partial charge < -0.3 is 17.1 Å². The van der Waals surface area contributed by atoms with Gasteiger partial charge in [-0.05, 0) is 30.2 Å². The summed E-state index contributed by atoms with van der Waals surface area (Å²) in [6.07, 6.45) is 0. The van der Waals surface area contributed by atoms with Gasteiger partial charge in [0.15, 0.2) is 0 Å². The molecule has 0 aliphatic carbocycles. The summed E-state index contributed by atoms with van der Waals surface area (Å²) in [5.41, 5.74) is 0. The van der Waals surface area contributed by atoms with E-state index in [0.29, 0.717) is 0 Å². The lowest BCUT2D eigenvalue weighted by molar-refractivity contribution is 0.402. The molecule has 0 atom stereocenters. The number of nitrogens with one attached hydrogen (secondary N) is 2. The van der Waals surface area contributed by atoms with Gasteiger partial charge in [-0.3, -0.25) is 0 Å². The standard InChI is InChI=1S/C32H80N4Si6/c1-27(2,3)37(19,20)33-41(31(13,14)15)35(39(23,24)29(7,8)9)42(32(16,17)18,34-38(21,22)28(4,5)6)36(41)40(25,26)30(10,11)12/h33-34H,1-26H3. The maximum absolute atomic E-state index is 4.90. The van der Waals surface area contributed by atoms with E-state index in [4.69, 9.17) is 9.30 Å². The first kappa shape index (κ1) is 41.2. The number of rotatable bonds is 6. The number of nitrogens with zero attached hydrogens (tertiary/aromatic N) is 2. The first-order chi connectivity index (χ1) is 17.6. The monoisotopic (exact) mass is 688 g/mol. The van der Waals surface area contributed by atoms with Crippen LogP contribution in [-0.4, -0.2) is 57.9 Å². The van der Waals surface area contributed by atoms with Crippen LogP contribution in [0.2, 0.25) is 82.6 Å². The molecule has 0 saturated carbocycles. The van der Waals surface area contributed by atoms with Crippen molar-refractivity contribution in [3.8, 4) is 0 Å². The van der Waals surface area contributed by atoms with Crippen molar-refractivity contribution in [1.82, 2.24) is 17.1 Å². The Morgan fingerprint density at radius 3 is 0.667 bits per heavy atom. The largest absolute Gasteiger partial charge is 0.335 e. The zero-order valence-electron chi connectivity index (χ0n) is 33.9. The van der Waals surface area contributed by atoms with Crippen molar-refractivity contribution in [1.29, 1.82) is 0 Å². The molecule has 0 aromatic carbocycles. The highest BCUT2D eigenvalue weighted by atomic mass is 28.6. The van der Waals surface area contributed by atoms with Gasteiger partial charge in [0.25, 0.3) is 17.1 Å². The Hall–Kier alpha value is 1.14.